The molecule has 2 rings (SSSR count). The molecule has 0 aliphatic heterocycles. The van der Waals surface area contributed by atoms with Gasteiger partial charge in [0.15, 0.2) is 0 Å². The summed E-state index contributed by atoms with van der Waals surface area (Å²) < 4.78 is 5.23. The van der Waals surface area contributed by atoms with E-state index < -0.39 is 6.10 Å². The van der Waals surface area contributed by atoms with E-state index in [1.54, 1.807) is 18.5 Å². The molecule has 0 bridgehead atoms. The van der Waals surface area contributed by atoms with Gasteiger partial charge in [0.2, 0.25) is 0 Å². The summed E-state index contributed by atoms with van der Waals surface area (Å²) in [6.45, 7) is 1.91. The van der Waals surface area contributed by atoms with Crippen molar-refractivity contribution in [2.24, 2.45) is 0 Å². The average Bonchev–Trinajstić information content (AvgIpc) is 2.64. The van der Waals surface area contributed by atoms with Crippen LogP contribution in [0.5, 0.6) is 0 Å². The molecule has 0 amide bonds. The van der Waals surface area contributed by atoms with E-state index >= 15 is 0 Å². The second kappa shape index (κ2) is 4.37. The molecular weight excluding hydrogens is 204 g/mol. The molecule has 2 aromatic rings. The first-order valence-corrected chi connectivity index (χ1v) is 5.09. The lowest BCUT2D eigenvalue weighted by Gasteiger charge is -2.09. The van der Waals surface area contributed by atoms with Crippen molar-refractivity contribution >= 4 is 5.82 Å². The van der Waals surface area contributed by atoms with Gasteiger partial charge in [-0.15, -0.1) is 0 Å². The Balaban J connectivity index is 2.14. The maximum Gasteiger partial charge on any atom is 0.135 e. The Hall–Kier alpha value is -1.81. The van der Waals surface area contributed by atoms with Gasteiger partial charge in [0.05, 0.1) is 6.26 Å². The van der Waals surface area contributed by atoms with Crippen LogP contribution in [0.15, 0.2) is 35.1 Å². The van der Waals surface area contributed by atoms with Gasteiger partial charge in [-0.05, 0) is 36.2 Å². The molecular formula is C12H14N2O2. The smallest absolute Gasteiger partial charge is 0.135 e. The van der Waals surface area contributed by atoms with Crippen molar-refractivity contribution in [1.82, 2.24) is 4.98 Å². The number of nitrogen functional groups attached to an aromatic ring is 1. The number of hydrogen-bond acceptors (Lipinski definition) is 4. The maximum atomic E-state index is 9.98. The van der Waals surface area contributed by atoms with Gasteiger partial charge in [0.25, 0.3) is 0 Å². The molecule has 3 N–H and O–H groups in total. The Morgan fingerprint density at radius 1 is 1.50 bits per heavy atom. The minimum atomic E-state index is -0.642. The number of aliphatic hydroxyl groups excluding tert-OH is 1. The van der Waals surface area contributed by atoms with Gasteiger partial charge in [0.1, 0.15) is 17.7 Å². The largest absolute Gasteiger partial charge is 0.466 e. The second-order valence-electron chi connectivity index (χ2n) is 3.78. The summed E-state index contributed by atoms with van der Waals surface area (Å²) in [5.41, 5.74) is 7.46. The van der Waals surface area contributed by atoms with E-state index in [1.165, 1.54) is 0 Å². The number of rotatable bonds is 3. The number of anilines is 1. The van der Waals surface area contributed by atoms with Crippen molar-refractivity contribution in [1.29, 1.82) is 0 Å². The Bertz CT molecular complexity index is 479. The van der Waals surface area contributed by atoms with Gasteiger partial charge < -0.3 is 15.3 Å². The summed E-state index contributed by atoms with van der Waals surface area (Å²) in [6.07, 6.45) is 3.04. The highest BCUT2D eigenvalue weighted by Gasteiger charge is 2.14. The Labute approximate surface area is 93.7 Å². The number of nitrogens with two attached hydrogens (primary N) is 1. The third-order valence-electron chi connectivity index (χ3n) is 2.48. The van der Waals surface area contributed by atoms with Crippen molar-refractivity contribution in [3.05, 3.63) is 47.5 Å². The van der Waals surface area contributed by atoms with Crippen molar-refractivity contribution in [2.75, 3.05) is 5.73 Å². The predicted octanol–water partition coefficient (Wildman–Crippen LogP) is 1.84. The topological polar surface area (TPSA) is 72.3 Å². The second-order valence-corrected chi connectivity index (χ2v) is 3.78. The van der Waals surface area contributed by atoms with Crippen LogP contribution in [-0.2, 0) is 6.42 Å². The Kier molecular flexibility index (Phi) is 2.92. The molecule has 4 heteroatoms. The van der Waals surface area contributed by atoms with Crippen LogP contribution in [0.2, 0.25) is 0 Å². The normalized spacial score (nSPS) is 12.6. The van der Waals surface area contributed by atoms with Crippen molar-refractivity contribution in [2.45, 2.75) is 19.4 Å². The van der Waals surface area contributed by atoms with E-state index in [1.807, 2.05) is 19.1 Å². The Morgan fingerprint density at radius 3 is 2.94 bits per heavy atom. The monoisotopic (exact) mass is 218 g/mol. The number of aliphatic hydroxyl groups is 1. The molecule has 2 heterocycles. The first kappa shape index (κ1) is 10.7. The molecule has 0 aromatic carbocycles. The molecule has 1 unspecified atom stereocenters. The minimum Gasteiger partial charge on any atom is -0.466 e. The molecule has 16 heavy (non-hydrogen) atoms. The molecule has 0 saturated carbocycles. The molecule has 84 valence electrons. The average molecular weight is 218 g/mol. The van der Waals surface area contributed by atoms with Crippen LogP contribution < -0.4 is 5.73 Å². The number of furan rings is 1. The first-order valence-electron chi connectivity index (χ1n) is 5.09. The summed E-state index contributed by atoms with van der Waals surface area (Å²) in [5.74, 6) is 1.07. The zero-order valence-corrected chi connectivity index (χ0v) is 9.05. The lowest BCUT2D eigenvalue weighted by Crippen LogP contribution is -2.03. The molecule has 0 aliphatic rings. The summed E-state index contributed by atoms with van der Waals surface area (Å²) in [6, 6.07) is 5.42. The summed E-state index contributed by atoms with van der Waals surface area (Å²) in [4.78, 5) is 3.90. The van der Waals surface area contributed by atoms with Crippen LogP contribution in [0.25, 0.3) is 0 Å². The van der Waals surface area contributed by atoms with E-state index in [0.717, 1.165) is 11.1 Å². The third kappa shape index (κ3) is 2.23. The predicted molar refractivity (Wildman–Crippen MR) is 60.8 cm³/mol. The van der Waals surface area contributed by atoms with Crippen LogP contribution >= 0.6 is 0 Å². The molecule has 1 atom stereocenters. The zero-order valence-electron chi connectivity index (χ0n) is 9.05. The molecule has 0 fully saturated rings. The number of nitrogens with zero attached hydrogens (tertiary/aromatic N) is 1. The molecule has 2 aromatic heterocycles. The molecule has 4 nitrogen and oxygen atoms in total. The highest BCUT2D eigenvalue weighted by Crippen LogP contribution is 2.22. The van der Waals surface area contributed by atoms with Gasteiger partial charge in [-0.1, -0.05) is 0 Å². The molecule has 0 spiro atoms. The van der Waals surface area contributed by atoms with Gasteiger partial charge >= 0.3 is 0 Å². The molecule has 0 saturated heterocycles. The lowest BCUT2D eigenvalue weighted by molar-refractivity contribution is 0.149. The first-order chi connectivity index (χ1) is 7.66. The van der Waals surface area contributed by atoms with E-state index in [2.05, 4.69) is 4.98 Å². The van der Waals surface area contributed by atoms with E-state index in [0.29, 0.717) is 18.0 Å². The summed E-state index contributed by atoms with van der Waals surface area (Å²) in [7, 11) is 0. The minimum absolute atomic E-state index is 0.459. The number of aromatic nitrogens is 1. The Morgan fingerprint density at radius 2 is 2.31 bits per heavy atom. The fourth-order valence-corrected chi connectivity index (χ4v) is 1.66. The van der Waals surface area contributed by atoms with Crippen LogP contribution in [-0.4, -0.2) is 10.1 Å². The highest BCUT2D eigenvalue weighted by molar-refractivity contribution is 5.32. The maximum absolute atomic E-state index is 9.98. The van der Waals surface area contributed by atoms with E-state index in [4.69, 9.17) is 10.2 Å². The van der Waals surface area contributed by atoms with Crippen LogP contribution in [0.3, 0.4) is 0 Å². The SMILES string of the molecule is Cc1ccoc1C(O)Cc1ccnc(N)c1. The highest BCUT2D eigenvalue weighted by atomic mass is 16.4. The number of hydrogen-bond donors (Lipinski definition) is 2. The fraction of sp³-hybridized carbons (Fsp3) is 0.250. The number of aryl methyl sites for hydroxylation is 1. The van der Waals surface area contributed by atoms with Crippen molar-refractivity contribution < 1.29 is 9.52 Å². The van der Waals surface area contributed by atoms with Gasteiger partial charge in [-0.3, -0.25) is 0 Å². The van der Waals surface area contributed by atoms with E-state index in [-0.39, 0.29) is 0 Å². The standard InChI is InChI=1S/C12H14N2O2/c1-8-3-5-16-12(8)10(15)6-9-2-4-14-11(13)7-9/h2-5,7,10,15H,6H2,1H3,(H2,13,14). The van der Waals surface area contributed by atoms with Crippen molar-refractivity contribution in [3.63, 3.8) is 0 Å². The van der Waals surface area contributed by atoms with Crippen LogP contribution in [0, 0.1) is 6.92 Å². The summed E-state index contributed by atoms with van der Waals surface area (Å²) >= 11 is 0. The third-order valence-corrected chi connectivity index (χ3v) is 2.48. The van der Waals surface area contributed by atoms with Crippen LogP contribution in [0.1, 0.15) is 23.0 Å². The van der Waals surface area contributed by atoms with Gasteiger partial charge in [0, 0.05) is 12.6 Å². The molecule has 0 aliphatic carbocycles. The number of pyridine rings is 1. The molecule has 0 radical (unpaired) electrons. The summed E-state index contributed by atoms with van der Waals surface area (Å²) in [5, 5.41) is 9.98. The van der Waals surface area contributed by atoms with Gasteiger partial charge in [-0.25, -0.2) is 4.98 Å². The zero-order chi connectivity index (χ0) is 11.5. The van der Waals surface area contributed by atoms with Crippen LogP contribution in [0.4, 0.5) is 5.82 Å². The lowest BCUT2D eigenvalue weighted by atomic mass is 10.1. The fourth-order valence-electron chi connectivity index (χ4n) is 1.66. The van der Waals surface area contributed by atoms with E-state index in [9.17, 15) is 5.11 Å². The van der Waals surface area contributed by atoms with Crippen molar-refractivity contribution in [3.8, 4) is 0 Å². The van der Waals surface area contributed by atoms with Gasteiger partial charge in [-0.2, -0.15) is 0 Å². The quantitative estimate of drug-likeness (QED) is 0.824.